The highest BCUT2D eigenvalue weighted by Crippen LogP contribution is 2.21. The highest BCUT2D eigenvalue weighted by Gasteiger charge is 2.19. The van der Waals surface area contributed by atoms with Crippen LogP contribution in [0.25, 0.3) is 0 Å². The van der Waals surface area contributed by atoms with Gasteiger partial charge in [0.15, 0.2) is 0 Å². The molecule has 64 valence electrons. The Labute approximate surface area is 87.0 Å². The monoisotopic (exact) mass is 293 g/mol. The highest BCUT2D eigenvalue weighted by molar-refractivity contribution is 9.11. The maximum absolute atomic E-state index is 8.95. The fourth-order valence-corrected chi connectivity index (χ4v) is 2.17. The van der Waals surface area contributed by atoms with Crippen molar-refractivity contribution in [1.29, 1.82) is 0 Å². The van der Waals surface area contributed by atoms with Gasteiger partial charge in [-0.1, -0.05) is 15.9 Å². The molecule has 3 nitrogen and oxygen atoms in total. The van der Waals surface area contributed by atoms with Gasteiger partial charge < -0.3 is 15.8 Å². The first-order valence-corrected chi connectivity index (χ1v) is 4.72. The number of hydrogen-bond donors (Lipinski definition) is 3. The molecular weight excluding hydrogens is 289 g/mol. The molecule has 0 radical (unpaired) electrons. The van der Waals surface area contributed by atoms with Crippen molar-refractivity contribution in [3.63, 3.8) is 0 Å². The van der Waals surface area contributed by atoms with Crippen LogP contribution in [0, 0.1) is 0 Å². The smallest absolute Gasteiger partial charge is 0.423 e. The van der Waals surface area contributed by atoms with Crippen molar-refractivity contribution in [3.8, 4) is 0 Å². The number of rotatable bonds is 1. The molecule has 0 saturated carbocycles. The molecule has 0 heterocycles. The van der Waals surface area contributed by atoms with E-state index in [0.29, 0.717) is 20.1 Å². The van der Waals surface area contributed by atoms with Crippen LogP contribution >= 0.6 is 31.9 Å². The van der Waals surface area contributed by atoms with E-state index < -0.39 is 7.12 Å². The van der Waals surface area contributed by atoms with Crippen LogP contribution < -0.4 is 11.2 Å². The summed E-state index contributed by atoms with van der Waals surface area (Å²) in [5.74, 6) is 0. The Bertz CT molecular complexity index is 306. The third-order valence-electron chi connectivity index (χ3n) is 1.41. The van der Waals surface area contributed by atoms with Crippen molar-refractivity contribution in [2.45, 2.75) is 0 Å². The first-order valence-electron chi connectivity index (χ1n) is 3.13. The molecule has 0 aliphatic heterocycles. The minimum absolute atomic E-state index is 0.343. The van der Waals surface area contributed by atoms with Crippen LogP contribution in [-0.2, 0) is 0 Å². The van der Waals surface area contributed by atoms with E-state index in [-0.39, 0.29) is 0 Å². The zero-order valence-electron chi connectivity index (χ0n) is 5.96. The van der Waals surface area contributed by atoms with E-state index in [2.05, 4.69) is 31.9 Å². The molecule has 0 aliphatic carbocycles. The largest absolute Gasteiger partial charge is 0.490 e. The summed E-state index contributed by atoms with van der Waals surface area (Å²) < 4.78 is 1.12. The molecule has 6 heteroatoms. The van der Waals surface area contributed by atoms with Gasteiger partial charge in [-0.2, -0.15) is 0 Å². The number of anilines is 1. The average Bonchev–Trinajstić information content (AvgIpc) is 1.97. The standard InChI is InChI=1S/C6H6BBr2NO2/c8-3-1-2-4(10)6(9)5(3)7(11)12/h1-2,11-12H,10H2. The third kappa shape index (κ3) is 1.82. The van der Waals surface area contributed by atoms with Crippen molar-refractivity contribution >= 4 is 50.1 Å². The Kier molecular flexibility index (Phi) is 3.17. The van der Waals surface area contributed by atoms with Gasteiger partial charge in [0.2, 0.25) is 0 Å². The summed E-state index contributed by atoms with van der Waals surface area (Å²) >= 11 is 6.33. The molecule has 0 fully saturated rings. The van der Waals surface area contributed by atoms with E-state index in [9.17, 15) is 0 Å². The van der Waals surface area contributed by atoms with Crippen LogP contribution in [0.5, 0.6) is 0 Å². The Morgan fingerprint density at radius 2 is 1.83 bits per heavy atom. The zero-order valence-corrected chi connectivity index (χ0v) is 9.13. The number of halogens is 2. The van der Waals surface area contributed by atoms with Crippen LogP contribution in [0.2, 0.25) is 0 Å². The summed E-state index contributed by atoms with van der Waals surface area (Å²) in [5.41, 5.74) is 6.35. The number of nitrogens with two attached hydrogens (primary N) is 1. The topological polar surface area (TPSA) is 66.5 Å². The first kappa shape index (κ1) is 10.0. The maximum Gasteiger partial charge on any atom is 0.490 e. The van der Waals surface area contributed by atoms with E-state index >= 15 is 0 Å². The predicted molar refractivity (Wildman–Crippen MR) is 56.1 cm³/mol. The molecular formula is C6H6BBr2NO2. The molecule has 0 spiro atoms. The molecule has 1 aromatic carbocycles. The molecule has 0 saturated heterocycles. The minimum atomic E-state index is -1.53. The normalized spacial score (nSPS) is 10.0. The Morgan fingerprint density at radius 3 is 2.25 bits per heavy atom. The molecule has 0 aromatic heterocycles. The van der Waals surface area contributed by atoms with Crippen molar-refractivity contribution in [3.05, 3.63) is 21.1 Å². The van der Waals surface area contributed by atoms with Gasteiger partial charge in [0, 0.05) is 20.1 Å². The Hall–Kier alpha value is -0.0351. The molecule has 0 aliphatic rings. The highest BCUT2D eigenvalue weighted by atomic mass is 79.9. The zero-order chi connectivity index (χ0) is 9.30. The second kappa shape index (κ2) is 3.78. The summed E-state index contributed by atoms with van der Waals surface area (Å²) in [5, 5.41) is 17.9. The average molecular weight is 295 g/mol. The Morgan fingerprint density at radius 1 is 1.25 bits per heavy atom. The van der Waals surface area contributed by atoms with E-state index in [1.807, 2.05) is 0 Å². The van der Waals surface area contributed by atoms with Crippen LogP contribution in [0.4, 0.5) is 5.69 Å². The van der Waals surface area contributed by atoms with E-state index in [1.54, 1.807) is 12.1 Å². The van der Waals surface area contributed by atoms with E-state index in [0.717, 1.165) is 0 Å². The molecule has 1 rings (SSSR count). The number of nitrogen functional groups attached to an aromatic ring is 1. The van der Waals surface area contributed by atoms with E-state index in [1.165, 1.54) is 0 Å². The lowest BCUT2D eigenvalue weighted by molar-refractivity contribution is 0.425. The molecule has 0 atom stereocenters. The van der Waals surface area contributed by atoms with Gasteiger partial charge in [0.25, 0.3) is 0 Å². The lowest BCUT2D eigenvalue weighted by Crippen LogP contribution is -2.32. The fraction of sp³-hybridized carbons (Fsp3) is 0. The van der Waals surface area contributed by atoms with Gasteiger partial charge in [-0.25, -0.2) is 0 Å². The fourth-order valence-electron chi connectivity index (χ4n) is 0.823. The second-order valence-corrected chi connectivity index (χ2v) is 3.89. The lowest BCUT2D eigenvalue weighted by Gasteiger charge is -2.07. The van der Waals surface area contributed by atoms with Crippen LogP contribution in [0.3, 0.4) is 0 Å². The summed E-state index contributed by atoms with van der Waals surface area (Å²) in [7, 11) is -1.53. The number of benzene rings is 1. The van der Waals surface area contributed by atoms with Gasteiger partial charge in [0.05, 0.1) is 0 Å². The van der Waals surface area contributed by atoms with Gasteiger partial charge in [0.1, 0.15) is 0 Å². The summed E-state index contributed by atoms with van der Waals surface area (Å²) in [6, 6.07) is 3.33. The molecule has 1 aromatic rings. The molecule has 0 bridgehead atoms. The van der Waals surface area contributed by atoms with Crippen molar-refractivity contribution in [1.82, 2.24) is 0 Å². The summed E-state index contributed by atoms with van der Waals surface area (Å²) in [6.07, 6.45) is 0. The number of hydrogen-bond acceptors (Lipinski definition) is 3. The van der Waals surface area contributed by atoms with Crippen LogP contribution in [0.15, 0.2) is 21.1 Å². The molecule has 0 unspecified atom stereocenters. The maximum atomic E-state index is 8.95. The van der Waals surface area contributed by atoms with Crippen molar-refractivity contribution in [2.24, 2.45) is 0 Å². The van der Waals surface area contributed by atoms with Crippen molar-refractivity contribution < 1.29 is 10.0 Å². The van der Waals surface area contributed by atoms with Crippen LogP contribution in [-0.4, -0.2) is 17.2 Å². The molecule has 4 N–H and O–H groups in total. The van der Waals surface area contributed by atoms with Crippen molar-refractivity contribution in [2.75, 3.05) is 5.73 Å². The van der Waals surface area contributed by atoms with Gasteiger partial charge in [-0.3, -0.25) is 0 Å². The summed E-state index contributed by atoms with van der Waals surface area (Å²) in [4.78, 5) is 0. The SMILES string of the molecule is Nc1ccc(Br)c(B(O)O)c1Br. The Balaban J connectivity index is 3.33. The molecule has 0 amide bonds. The quantitative estimate of drug-likeness (QED) is 0.521. The predicted octanol–water partition coefficient (Wildman–Crippen LogP) is 0.474. The third-order valence-corrected chi connectivity index (χ3v) is 2.99. The lowest BCUT2D eigenvalue weighted by atomic mass is 9.80. The van der Waals surface area contributed by atoms with Gasteiger partial charge >= 0.3 is 7.12 Å². The second-order valence-electron chi connectivity index (χ2n) is 2.24. The van der Waals surface area contributed by atoms with Crippen LogP contribution in [0.1, 0.15) is 0 Å². The molecule has 12 heavy (non-hydrogen) atoms. The van der Waals surface area contributed by atoms with E-state index in [4.69, 9.17) is 15.8 Å². The van der Waals surface area contributed by atoms with Gasteiger partial charge in [-0.05, 0) is 28.1 Å². The minimum Gasteiger partial charge on any atom is -0.423 e. The van der Waals surface area contributed by atoms with Gasteiger partial charge in [-0.15, -0.1) is 0 Å². The summed E-state index contributed by atoms with van der Waals surface area (Å²) in [6.45, 7) is 0. The first-order chi connectivity index (χ1) is 5.54.